The highest BCUT2D eigenvalue weighted by Gasteiger charge is 2.20. The minimum atomic E-state index is -2.65. The average Bonchev–Trinajstić information content (AvgIpc) is 2.63. The molecular formula is C21H26F2N4O. The highest BCUT2D eigenvalue weighted by Crippen LogP contribution is 2.29. The lowest BCUT2D eigenvalue weighted by molar-refractivity contribution is -0.121. The van der Waals surface area contributed by atoms with E-state index in [1.165, 1.54) is 6.07 Å². The van der Waals surface area contributed by atoms with Gasteiger partial charge in [-0.15, -0.1) is 0 Å². The number of nitrogens with one attached hydrogen (secondary N) is 1. The second-order valence-corrected chi connectivity index (χ2v) is 7.83. The number of hydrogen-bond acceptors (Lipinski definition) is 5. The van der Waals surface area contributed by atoms with Crippen LogP contribution in [0.15, 0.2) is 24.4 Å². The number of hydrogen-bond donors (Lipinski definition) is 1. The third-order valence-electron chi connectivity index (χ3n) is 4.93. The van der Waals surface area contributed by atoms with Crippen LogP contribution in [0.5, 0.6) is 0 Å². The highest BCUT2D eigenvalue weighted by atomic mass is 19.3. The number of ketones is 1. The third-order valence-corrected chi connectivity index (χ3v) is 4.93. The van der Waals surface area contributed by atoms with Crippen molar-refractivity contribution in [2.24, 2.45) is 5.92 Å². The van der Waals surface area contributed by atoms with Crippen molar-refractivity contribution >= 4 is 22.5 Å². The lowest BCUT2D eigenvalue weighted by Crippen LogP contribution is -2.15. The van der Waals surface area contributed by atoms with Gasteiger partial charge in [0, 0.05) is 36.9 Å². The molecular weight excluding hydrogens is 362 g/mol. The summed E-state index contributed by atoms with van der Waals surface area (Å²) >= 11 is 0. The molecule has 2 heterocycles. The largest absolute Gasteiger partial charge is 0.366 e. The summed E-state index contributed by atoms with van der Waals surface area (Å²) in [6, 6.07) is 1.37. The van der Waals surface area contributed by atoms with E-state index < -0.39 is 6.43 Å². The number of carbonyl (C=O) groups is 1. The third kappa shape index (κ3) is 5.09. The van der Waals surface area contributed by atoms with E-state index in [-0.39, 0.29) is 11.7 Å². The van der Waals surface area contributed by atoms with Gasteiger partial charge < -0.3 is 5.32 Å². The molecule has 0 amide bonds. The molecule has 0 aromatic carbocycles. The molecule has 1 fully saturated rings. The Morgan fingerprint density at radius 1 is 1.29 bits per heavy atom. The van der Waals surface area contributed by atoms with E-state index in [0.29, 0.717) is 53.5 Å². The Labute approximate surface area is 163 Å². The molecule has 5 nitrogen and oxygen atoms in total. The molecule has 0 atom stereocenters. The van der Waals surface area contributed by atoms with E-state index in [0.717, 1.165) is 24.8 Å². The van der Waals surface area contributed by atoms with Gasteiger partial charge in [-0.2, -0.15) is 0 Å². The van der Waals surface area contributed by atoms with E-state index in [1.54, 1.807) is 6.20 Å². The Morgan fingerprint density at radius 2 is 2.00 bits per heavy atom. The molecule has 0 bridgehead atoms. The number of halogens is 2. The van der Waals surface area contributed by atoms with Crippen LogP contribution in [-0.2, 0) is 11.2 Å². The van der Waals surface area contributed by atoms with Crippen molar-refractivity contribution in [3.8, 4) is 0 Å². The SMILES string of the molecule is C=C(Cc1ncc2cc(C(F)F)nc(NC(C)C)c2n1)CC1CCC(=O)CC1. The van der Waals surface area contributed by atoms with Gasteiger partial charge in [0.1, 0.15) is 22.8 Å². The van der Waals surface area contributed by atoms with Crippen molar-refractivity contribution in [1.29, 1.82) is 0 Å². The van der Waals surface area contributed by atoms with Crippen LogP contribution in [0.25, 0.3) is 10.9 Å². The van der Waals surface area contributed by atoms with E-state index in [4.69, 9.17) is 0 Å². The van der Waals surface area contributed by atoms with Gasteiger partial charge in [-0.25, -0.2) is 23.7 Å². The fraction of sp³-hybridized carbons (Fsp3) is 0.524. The van der Waals surface area contributed by atoms with Crippen LogP contribution in [0.1, 0.15) is 63.9 Å². The predicted molar refractivity (Wildman–Crippen MR) is 105 cm³/mol. The molecule has 0 radical (unpaired) electrons. The summed E-state index contributed by atoms with van der Waals surface area (Å²) in [7, 11) is 0. The van der Waals surface area contributed by atoms with E-state index >= 15 is 0 Å². The number of carbonyl (C=O) groups excluding carboxylic acids is 1. The monoisotopic (exact) mass is 388 g/mol. The summed E-state index contributed by atoms with van der Waals surface area (Å²) in [5.41, 5.74) is 1.27. The molecule has 1 aliphatic carbocycles. The number of rotatable bonds is 7. The van der Waals surface area contributed by atoms with Crippen LogP contribution < -0.4 is 5.32 Å². The first-order chi connectivity index (χ1) is 13.3. The maximum Gasteiger partial charge on any atom is 0.280 e. The number of aromatic nitrogens is 3. The molecule has 2 aromatic rings. The first kappa shape index (κ1) is 20.3. The summed E-state index contributed by atoms with van der Waals surface area (Å²) in [5, 5.41) is 3.64. The van der Waals surface area contributed by atoms with Gasteiger partial charge in [0.2, 0.25) is 0 Å². The number of nitrogens with zero attached hydrogens (tertiary/aromatic N) is 3. The number of alkyl halides is 2. The Balaban J connectivity index is 1.79. The van der Waals surface area contributed by atoms with Gasteiger partial charge in [0.05, 0.1) is 0 Å². The zero-order valence-corrected chi connectivity index (χ0v) is 16.3. The fourth-order valence-electron chi connectivity index (χ4n) is 3.58. The van der Waals surface area contributed by atoms with Crippen LogP contribution in [0, 0.1) is 5.92 Å². The van der Waals surface area contributed by atoms with Crippen molar-refractivity contribution in [2.45, 2.75) is 64.8 Å². The molecule has 1 N–H and O–H groups in total. The Morgan fingerprint density at radius 3 is 2.64 bits per heavy atom. The molecule has 3 rings (SSSR count). The molecule has 0 spiro atoms. The maximum absolute atomic E-state index is 13.1. The molecule has 150 valence electrons. The molecule has 1 saturated carbocycles. The van der Waals surface area contributed by atoms with Gasteiger partial charge in [-0.3, -0.25) is 4.79 Å². The van der Waals surface area contributed by atoms with Crippen molar-refractivity contribution in [3.63, 3.8) is 0 Å². The molecule has 2 aromatic heterocycles. The van der Waals surface area contributed by atoms with Gasteiger partial charge in [0.25, 0.3) is 6.43 Å². The van der Waals surface area contributed by atoms with E-state index in [2.05, 4.69) is 26.8 Å². The number of pyridine rings is 1. The second kappa shape index (κ2) is 8.71. The minimum Gasteiger partial charge on any atom is -0.366 e. The molecule has 7 heteroatoms. The van der Waals surface area contributed by atoms with Gasteiger partial charge >= 0.3 is 0 Å². The zero-order chi connectivity index (χ0) is 20.3. The number of fused-ring (bicyclic) bond motifs is 1. The lowest BCUT2D eigenvalue weighted by Gasteiger charge is -2.21. The quantitative estimate of drug-likeness (QED) is 0.674. The lowest BCUT2D eigenvalue weighted by atomic mass is 9.84. The Bertz CT molecular complexity index is 872. The predicted octanol–water partition coefficient (Wildman–Crippen LogP) is 5.03. The average molecular weight is 388 g/mol. The number of Topliss-reactive ketones (excluding diaryl/α,β-unsaturated/α-hetero) is 1. The minimum absolute atomic E-state index is 0.0333. The van der Waals surface area contributed by atoms with E-state index in [9.17, 15) is 13.6 Å². The van der Waals surface area contributed by atoms with Gasteiger partial charge in [-0.05, 0) is 45.1 Å². The summed E-state index contributed by atoms with van der Waals surface area (Å²) in [6.45, 7) is 7.99. The smallest absolute Gasteiger partial charge is 0.280 e. The van der Waals surface area contributed by atoms with Crippen LogP contribution in [0.4, 0.5) is 14.6 Å². The first-order valence-electron chi connectivity index (χ1n) is 9.71. The van der Waals surface area contributed by atoms with Gasteiger partial charge in [0.15, 0.2) is 5.82 Å². The second-order valence-electron chi connectivity index (χ2n) is 7.83. The van der Waals surface area contributed by atoms with Gasteiger partial charge in [-0.1, -0.05) is 12.2 Å². The number of anilines is 1. The van der Waals surface area contributed by atoms with Crippen LogP contribution in [0.3, 0.4) is 0 Å². The number of allylic oxidation sites excluding steroid dienone is 1. The molecule has 0 saturated heterocycles. The normalized spacial score (nSPS) is 15.6. The van der Waals surface area contributed by atoms with E-state index in [1.807, 2.05) is 13.8 Å². The maximum atomic E-state index is 13.1. The summed E-state index contributed by atoms with van der Waals surface area (Å²) in [4.78, 5) is 24.4. The first-order valence-corrected chi connectivity index (χ1v) is 9.71. The molecule has 0 unspecified atom stereocenters. The summed E-state index contributed by atoms with van der Waals surface area (Å²) < 4.78 is 26.3. The van der Waals surface area contributed by atoms with Crippen molar-refractivity contribution in [1.82, 2.24) is 15.0 Å². The highest BCUT2D eigenvalue weighted by molar-refractivity contribution is 5.88. The molecule has 1 aliphatic rings. The van der Waals surface area contributed by atoms with Crippen LogP contribution in [-0.4, -0.2) is 26.8 Å². The Hall–Kier alpha value is -2.44. The van der Waals surface area contributed by atoms with Crippen LogP contribution in [0.2, 0.25) is 0 Å². The van der Waals surface area contributed by atoms with Crippen molar-refractivity contribution in [2.75, 3.05) is 5.32 Å². The molecule has 0 aliphatic heterocycles. The van der Waals surface area contributed by atoms with Crippen molar-refractivity contribution in [3.05, 3.63) is 35.9 Å². The Kier molecular flexibility index (Phi) is 6.31. The van der Waals surface area contributed by atoms with Crippen molar-refractivity contribution < 1.29 is 13.6 Å². The topological polar surface area (TPSA) is 67.8 Å². The summed E-state index contributed by atoms with van der Waals surface area (Å²) in [6.07, 6.45) is 3.45. The summed E-state index contributed by atoms with van der Waals surface area (Å²) in [5.74, 6) is 1.78. The molecule has 28 heavy (non-hydrogen) atoms. The standard InChI is InChI=1S/C21H26F2N4O/c1-12(2)25-21-19-15(10-17(26-21)20(22)23)11-24-18(27-19)9-13(3)8-14-4-6-16(28)7-5-14/h10-12,14,20H,3-9H2,1-2H3,(H,25,26). The zero-order valence-electron chi connectivity index (χ0n) is 16.3. The van der Waals surface area contributed by atoms with Crippen LogP contribution >= 0.6 is 0 Å². The fourth-order valence-corrected chi connectivity index (χ4v) is 3.58.